The molecule has 0 aliphatic rings. The fraction of sp³-hybridized carbons (Fsp3) is 0.160. The number of nitrogens with zero attached hydrogens (tertiary/aromatic N) is 4. The van der Waals surface area contributed by atoms with E-state index in [0.717, 1.165) is 16.0 Å². The monoisotopic (exact) mass is 554 g/mol. The molecule has 4 heterocycles. The normalized spacial score (nSPS) is 11.4. The number of rotatable bonds is 8. The number of thiazole rings is 1. The smallest absolute Gasteiger partial charge is 0.294 e. The van der Waals surface area contributed by atoms with E-state index in [9.17, 15) is 0 Å². The molecule has 0 fully saturated rings. The van der Waals surface area contributed by atoms with Gasteiger partial charge in [0.2, 0.25) is 10.8 Å². The quantitative estimate of drug-likeness (QED) is 0.208. The molecular formula is C25H19ClN4O5S2. The first kappa shape index (κ1) is 23.6. The molecule has 37 heavy (non-hydrogen) atoms. The average Bonchev–Trinajstić information content (AvgIpc) is 3.68. The summed E-state index contributed by atoms with van der Waals surface area (Å²) in [5, 5.41) is 6.42. The topological polar surface area (TPSA) is 93.1 Å². The molecule has 0 aliphatic heterocycles. The molecule has 188 valence electrons. The zero-order valence-corrected chi connectivity index (χ0v) is 22.2. The lowest BCUT2D eigenvalue weighted by atomic mass is 10.2. The van der Waals surface area contributed by atoms with Crippen LogP contribution in [0.4, 0.5) is 0 Å². The van der Waals surface area contributed by atoms with Crippen LogP contribution in [0.1, 0.15) is 5.69 Å². The second-order valence-electron chi connectivity index (χ2n) is 7.78. The summed E-state index contributed by atoms with van der Waals surface area (Å²) >= 11 is 9.22. The first-order valence-electron chi connectivity index (χ1n) is 11.0. The molecule has 2 aromatic carbocycles. The third-order valence-electron chi connectivity index (χ3n) is 5.59. The van der Waals surface area contributed by atoms with E-state index in [4.69, 9.17) is 35.0 Å². The molecule has 0 radical (unpaired) electrons. The van der Waals surface area contributed by atoms with Crippen molar-refractivity contribution in [2.45, 2.75) is 6.61 Å². The van der Waals surface area contributed by atoms with Gasteiger partial charge in [-0.05, 0) is 17.4 Å². The van der Waals surface area contributed by atoms with Crippen LogP contribution in [-0.2, 0) is 6.61 Å². The minimum Gasteiger partial charge on any atom is -0.496 e. The van der Waals surface area contributed by atoms with Gasteiger partial charge in [-0.2, -0.15) is 4.52 Å². The fourth-order valence-corrected chi connectivity index (χ4v) is 5.67. The van der Waals surface area contributed by atoms with Gasteiger partial charge in [-0.3, -0.25) is 0 Å². The molecule has 0 atom stereocenters. The summed E-state index contributed by atoms with van der Waals surface area (Å²) in [5.41, 5.74) is 2.74. The summed E-state index contributed by atoms with van der Waals surface area (Å²) in [6.45, 7) is 0.179. The lowest BCUT2D eigenvalue weighted by Crippen LogP contribution is -1.97. The molecule has 12 heteroatoms. The number of imidazole rings is 1. The van der Waals surface area contributed by atoms with Crippen molar-refractivity contribution < 1.29 is 23.4 Å². The van der Waals surface area contributed by atoms with Crippen LogP contribution in [0.5, 0.6) is 22.6 Å². The molecule has 0 N–H and O–H groups in total. The summed E-state index contributed by atoms with van der Waals surface area (Å²) < 4.78 is 30.8. The van der Waals surface area contributed by atoms with Gasteiger partial charge in [0.05, 0.1) is 26.7 Å². The van der Waals surface area contributed by atoms with Crippen molar-refractivity contribution in [3.8, 4) is 44.6 Å². The minimum absolute atomic E-state index is 0.179. The third kappa shape index (κ3) is 4.24. The van der Waals surface area contributed by atoms with Gasteiger partial charge in [0.1, 0.15) is 38.7 Å². The number of halogens is 1. The number of furan rings is 1. The fourth-order valence-electron chi connectivity index (χ4n) is 3.85. The van der Waals surface area contributed by atoms with Crippen LogP contribution in [0.15, 0.2) is 52.9 Å². The lowest BCUT2D eigenvalue weighted by molar-refractivity contribution is 0.303. The summed E-state index contributed by atoms with van der Waals surface area (Å²) in [7, 11) is 4.70. The van der Waals surface area contributed by atoms with Gasteiger partial charge in [0.15, 0.2) is 11.5 Å². The lowest BCUT2D eigenvalue weighted by Gasteiger charge is -2.08. The number of benzene rings is 2. The highest BCUT2D eigenvalue weighted by atomic mass is 35.5. The molecular weight excluding hydrogens is 536 g/mol. The molecule has 0 saturated heterocycles. The maximum Gasteiger partial charge on any atom is 0.294 e. The second kappa shape index (κ2) is 9.58. The van der Waals surface area contributed by atoms with Gasteiger partial charge in [0.25, 0.3) is 5.19 Å². The molecule has 0 bridgehead atoms. The van der Waals surface area contributed by atoms with Gasteiger partial charge >= 0.3 is 0 Å². The predicted molar refractivity (Wildman–Crippen MR) is 143 cm³/mol. The van der Waals surface area contributed by atoms with Gasteiger partial charge in [0, 0.05) is 17.7 Å². The predicted octanol–water partition coefficient (Wildman–Crippen LogP) is 6.59. The van der Waals surface area contributed by atoms with Crippen molar-refractivity contribution in [3.05, 3.63) is 58.6 Å². The average molecular weight is 555 g/mol. The molecule has 6 rings (SSSR count). The summed E-state index contributed by atoms with van der Waals surface area (Å²) in [4.78, 5) is 9.95. The highest BCUT2D eigenvalue weighted by Crippen LogP contribution is 2.41. The van der Waals surface area contributed by atoms with E-state index < -0.39 is 0 Å². The number of methoxy groups -OCH3 is 3. The molecule has 4 aromatic heterocycles. The highest BCUT2D eigenvalue weighted by Gasteiger charge is 2.23. The third-order valence-corrected chi connectivity index (χ3v) is 7.84. The Morgan fingerprint density at radius 3 is 2.57 bits per heavy atom. The van der Waals surface area contributed by atoms with Gasteiger partial charge in [-0.15, -0.1) is 16.4 Å². The van der Waals surface area contributed by atoms with Crippen LogP contribution < -0.4 is 18.9 Å². The Labute approximate surface area is 223 Å². The second-order valence-corrected chi connectivity index (χ2v) is 10.3. The number of ether oxygens (including phenoxy) is 4. The van der Waals surface area contributed by atoms with E-state index in [-0.39, 0.29) is 6.61 Å². The van der Waals surface area contributed by atoms with E-state index in [0.29, 0.717) is 54.6 Å². The van der Waals surface area contributed by atoms with Gasteiger partial charge < -0.3 is 23.4 Å². The maximum atomic E-state index is 6.50. The molecule has 0 unspecified atom stereocenters. The minimum atomic E-state index is 0.179. The van der Waals surface area contributed by atoms with Crippen LogP contribution >= 0.6 is 34.3 Å². The number of hydrogen-bond donors (Lipinski definition) is 0. The Kier molecular flexibility index (Phi) is 6.11. The van der Waals surface area contributed by atoms with E-state index in [1.165, 1.54) is 22.7 Å². The van der Waals surface area contributed by atoms with Crippen molar-refractivity contribution in [3.63, 3.8) is 0 Å². The molecule has 0 aliphatic carbocycles. The van der Waals surface area contributed by atoms with Crippen molar-refractivity contribution in [2.24, 2.45) is 0 Å². The molecule has 0 spiro atoms. The van der Waals surface area contributed by atoms with Crippen molar-refractivity contribution in [2.75, 3.05) is 21.3 Å². The Morgan fingerprint density at radius 1 is 0.973 bits per heavy atom. The number of aromatic nitrogens is 4. The molecule has 6 aromatic rings. The van der Waals surface area contributed by atoms with Gasteiger partial charge in [-0.25, -0.2) is 9.97 Å². The van der Waals surface area contributed by atoms with Crippen LogP contribution in [0.3, 0.4) is 0 Å². The van der Waals surface area contributed by atoms with E-state index in [1.807, 2.05) is 36.4 Å². The summed E-state index contributed by atoms with van der Waals surface area (Å²) in [6, 6.07) is 15.3. The summed E-state index contributed by atoms with van der Waals surface area (Å²) in [5.74, 6) is 2.09. The standard InChI is InChI=1S/C25H19ClN4O5S2/c1-31-14-9-17(34-12-16-21(26)36-22(27-16)13-7-5-4-6-8-13)15-11-19(35-18(15)10-14)20-23(32-2)30-24(28-20)37-25(29-30)33-3/h4-11H,12H2,1-3H3. The van der Waals surface area contributed by atoms with E-state index >= 15 is 0 Å². The first-order valence-corrected chi connectivity index (χ1v) is 13.0. The first-order chi connectivity index (χ1) is 18.1. The highest BCUT2D eigenvalue weighted by molar-refractivity contribution is 7.19. The zero-order valence-electron chi connectivity index (χ0n) is 19.9. The van der Waals surface area contributed by atoms with E-state index in [1.54, 1.807) is 38.0 Å². The molecule has 0 amide bonds. The van der Waals surface area contributed by atoms with Gasteiger partial charge in [-0.1, -0.05) is 41.9 Å². The Hall–Kier alpha value is -3.80. The number of fused-ring (bicyclic) bond motifs is 2. The molecule has 0 saturated carbocycles. The molecule has 9 nitrogen and oxygen atoms in total. The largest absolute Gasteiger partial charge is 0.496 e. The number of hydrogen-bond acceptors (Lipinski definition) is 10. The van der Waals surface area contributed by atoms with Crippen molar-refractivity contribution in [1.29, 1.82) is 0 Å². The Balaban J connectivity index is 1.35. The Bertz CT molecular complexity index is 1720. The van der Waals surface area contributed by atoms with Crippen LogP contribution in [-0.4, -0.2) is 40.9 Å². The van der Waals surface area contributed by atoms with Crippen LogP contribution in [0.2, 0.25) is 4.34 Å². The van der Waals surface area contributed by atoms with Crippen molar-refractivity contribution >= 4 is 50.2 Å². The van der Waals surface area contributed by atoms with E-state index in [2.05, 4.69) is 15.1 Å². The maximum absolute atomic E-state index is 6.50. The van der Waals surface area contributed by atoms with Crippen molar-refractivity contribution in [1.82, 2.24) is 19.6 Å². The zero-order chi connectivity index (χ0) is 25.5. The Morgan fingerprint density at radius 2 is 1.81 bits per heavy atom. The van der Waals surface area contributed by atoms with Crippen LogP contribution in [0, 0.1) is 0 Å². The SMILES string of the molecule is COc1cc(OCc2nc(-c3ccccc3)sc2Cl)c2cc(-c3nc4sc(OC)nn4c3OC)oc2c1. The van der Waals surface area contributed by atoms with Crippen LogP contribution in [0.25, 0.3) is 38.0 Å². The summed E-state index contributed by atoms with van der Waals surface area (Å²) in [6.07, 6.45) is 0.